The monoisotopic (exact) mass is 360 g/mol. The quantitative estimate of drug-likeness (QED) is 0.378. The minimum absolute atomic E-state index is 0.0666. The third-order valence-corrected chi connectivity index (χ3v) is 4.45. The average Bonchev–Trinajstić information content (AvgIpc) is 2.64. The number of nitrogens with zero attached hydrogens (tertiary/aromatic N) is 1. The lowest BCUT2D eigenvalue weighted by Crippen LogP contribution is -2.37. The third-order valence-electron chi connectivity index (χ3n) is 4.45. The molecular weight excluding hydrogens is 328 g/mol. The number of guanidine groups is 1. The summed E-state index contributed by atoms with van der Waals surface area (Å²) in [5.41, 5.74) is 1.89. The molecule has 26 heavy (non-hydrogen) atoms. The van der Waals surface area contributed by atoms with Crippen molar-refractivity contribution in [2.75, 3.05) is 25.5 Å². The zero-order valence-electron chi connectivity index (χ0n) is 16.0. The van der Waals surface area contributed by atoms with E-state index >= 15 is 0 Å². The minimum atomic E-state index is -0.0666. The van der Waals surface area contributed by atoms with E-state index < -0.39 is 0 Å². The van der Waals surface area contributed by atoms with E-state index in [0.29, 0.717) is 12.6 Å². The lowest BCUT2D eigenvalue weighted by molar-refractivity contribution is -0.114. The molecule has 0 atom stereocenters. The fourth-order valence-electron chi connectivity index (χ4n) is 3.13. The molecule has 0 spiro atoms. The van der Waals surface area contributed by atoms with Gasteiger partial charge in [0.2, 0.25) is 5.91 Å². The van der Waals surface area contributed by atoms with Crippen LogP contribution >= 0.6 is 0 Å². The highest BCUT2D eigenvalue weighted by Crippen LogP contribution is 2.20. The average molecular weight is 361 g/mol. The van der Waals surface area contributed by atoms with Gasteiger partial charge in [0.25, 0.3) is 0 Å². The second kappa shape index (κ2) is 11.5. The molecule has 0 unspecified atom stereocenters. The summed E-state index contributed by atoms with van der Waals surface area (Å²) in [6.07, 6.45) is 7.84. The normalized spacial score (nSPS) is 15.5. The first-order chi connectivity index (χ1) is 12.7. The molecule has 1 aliphatic rings. The van der Waals surface area contributed by atoms with E-state index in [1.807, 2.05) is 24.3 Å². The molecule has 1 aromatic rings. The zero-order valence-corrected chi connectivity index (χ0v) is 16.0. The fraction of sp³-hybridized carbons (Fsp3) is 0.600. The number of aliphatic imine (C=N–C) groups is 1. The Labute approximate surface area is 156 Å². The van der Waals surface area contributed by atoms with Gasteiger partial charge >= 0.3 is 0 Å². The predicted molar refractivity (Wildman–Crippen MR) is 106 cm³/mol. The highest BCUT2D eigenvalue weighted by molar-refractivity contribution is 5.88. The van der Waals surface area contributed by atoms with Crippen LogP contribution in [0.5, 0.6) is 0 Å². The molecule has 0 bridgehead atoms. The van der Waals surface area contributed by atoms with Crippen LogP contribution in [-0.4, -0.2) is 38.2 Å². The molecule has 6 heteroatoms. The molecule has 1 fully saturated rings. The van der Waals surface area contributed by atoms with Crippen LogP contribution in [0.3, 0.4) is 0 Å². The van der Waals surface area contributed by atoms with E-state index in [2.05, 4.69) is 20.9 Å². The number of amides is 1. The SMILES string of the molecule is CN=C(NCCCOC1CCCCC1)NCc1cccc(NC(C)=O)c1. The molecule has 0 aromatic heterocycles. The maximum Gasteiger partial charge on any atom is 0.221 e. The van der Waals surface area contributed by atoms with Crippen LogP contribution in [0.15, 0.2) is 29.3 Å². The zero-order chi connectivity index (χ0) is 18.6. The van der Waals surface area contributed by atoms with Gasteiger partial charge in [-0.05, 0) is 37.0 Å². The van der Waals surface area contributed by atoms with Gasteiger partial charge in [-0.1, -0.05) is 31.4 Å². The van der Waals surface area contributed by atoms with Crippen LogP contribution in [-0.2, 0) is 16.1 Å². The summed E-state index contributed by atoms with van der Waals surface area (Å²) in [7, 11) is 1.77. The van der Waals surface area contributed by atoms with Gasteiger partial charge in [0.05, 0.1) is 6.10 Å². The van der Waals surface area contributed by atoms with E-state index in [1.54, 1.807) is 7.05 Å². The van der Waals surface area contributed by atoms with Crippen LogP contribution in [0.4, 0.5) is 5.69 Å². The van der Waals surface area contributed by atoms with Crippen molar-refractivity contribution in [2.45, 2.75) is 58.1 Å². The van der Waals surface area contributed by atoms with Crippen molar-refractivity contribution in [3.63, 3.8) is 0 Å². The smallest absolute Gasteiger partial charge is 0.221 e. The Morgan fingerprint density at radius 2 is 2.04 bits per heavy atom. The predicted octanol–water partition coefficient (Wildman–Crippen LogP) is 3.05. The summed E-state index contributed by atoms with van der Waals surface area (Å²) < 4.78 is 5.94. The van der Waals surface area contributed by atoms with E-state index in [9.17, 15) is 4.79 Å². The second-order valence-corrected chi connectivity index (χ2v) is 6.72. The van der Waals surface area contributed by atoms with Crippen LogP contribution in [0.25, 0.3) is 0 Å². The first-order valence-electron chi connectivity index (χ1n) is 9.60. The van der Waals surface area contributed by atoms with Crippen molar-refractivity contribution in [1.29, 1.82) is 0 Å². The molecule has 0 radical (unpaired) electrons. The van der Waals surface area contributed by atoms with Gasteiger partial charge in [0.15, 0.2) is 5.96 Å². The maximum atomic E-state index is 11.1. The Hall–Kier alpha value is -2.08. The number of carbonyl (C=O) groups excluding carboxylic acids is 1. The molecule has 0 heterocycles. The maximum absolute atomic E-state index is 11.1. The molecule has 1 saturated carbocycles. The van der Waals surface area contributed by atoms with Crippen LogP contribution in [0, 0.1) is 0 Å². The summed E-state index contributed by atoms with van der Waals surface area (Å²) in [6.45, 7) is 3.78. The standard InChI is InChI=1S/C20H32N4O2/c1-16(25)24-18-9-6-8-17(14-18)15-23-20(21-2)22-12-7-13-26-19-10-4-3-5-11-19/h6,8-9,14,19H,3-5,7,10-13,15H2,1-2H3,(H,24,25)(H2,21,22,23). The van der Waals surface area contributed by atoms with Crippen molar-refractivity contribution in [3.8, 4) is 0 Å². The highest BCUT2D eigenvalue weighted by atomic mass is 16.5. The van der Waals surface area contributed by atoms with Gasteiger partial charge in [0, 0.05) is 39.4 Å². The Morgan fingerprint density at radius 1 is 1.23 bits per heavy atom. The first-order valence-corrected chi connectivity index (χ1v) is 9.60. The lowest BCUT2D eigenvalue weighted by Gasteiger charge is -2.22. The summed E-state index contributed by atoms with van der Waals surface area (Å²) in [6, 6.07) is 7.79. The number of nitrogens with one attached hydrogen (secondary N) is 3. The molecular formula is C20H32N4O2. The number of benzene rings is 1. The molecule has 2 rings (SSSR count). The van der Waals surface area contributed by atoms with Gasteiger partial charge in [0.1, 0.15) is 0 Å². The van der Waals surface area contributed by atoms with Gasteiger partial charge in [-0.3, -0.25) is 9.79 Å². The Balaban J connectivity index is 1.63. The van der Waals surface area contributed by atoms with E-state index in [-0.39, 0.29) is 5.91 Å². The van der Waals surface area contributed by atoms with E-state index in [0.717, 1.165) is 36.8 Å². The van der Waals surface area contributed by atoms with Gasteiger partial charge in [-0.15, -0.1) is 0 Å². The number of hydrogen-bond donors (Lipinski definition) is 3. The Morgan fingerprint density at radius 3 is 2.77 bits per heavy atom. The largest absolute Gasteiger partial charge is 0.378 e. The topological polar surface area (TPSA) is 74.8 Å². The molecule has 144 valence electrons. The number of anilines is 1. The molecule has 0 saturated heterocycles. The van der Waals surface area contributed by atoms with Crippen molar-refractivity contribution in [3.05, 3.63) is 29.8 Å². The number of ether oxygens (including phenoxy) is 1. The third kappa shape index (κ3) is 7.87. The summed E-state index contributed by atoms with van der Waals surface area (Å²) >= 11 is 0. The Bertz CT molecular complexity index is 583. The number of hydrogen-bond acceptors (Lipinski definition) is 3. The van der Waals surface area contributed by atoms with Crippen molar-refractivity contribution < 1.29 is 9.53 Å². The summed E-state index contributed by atoms with van der Waals surface area (Å²) in [5.74, 6) is 0.704. The second-order valence-electron chi connectivity index (χ2n) is 6.72. The summed E-state index contributed by atoms with van der Waals surface area (Å²) in [4.78, 5) is 15.4. The van der Waals surface area contributed by atoms with Crippen LogP contribution in [0.1, 0.15) is 51.0 Å². The van der Waals surface area contributed by atoms with Crippen molar-refractivity contribution in [2.24, 2.45) is 4.99 Å². The first kappa shape index (κ1) is 20.2. The van der Waals surface area contributed by atoms with Gasteiger partial charge in [-0.2, -0.15) is 0 Å². The number of rotatable bonds is 8. The minimum Gasteiger partial charge on any atom is -0.378 e. The molecule has 1 aliphatic carbocycles. The highest BCUT2D eigenvalue weighted by Gasteiger charge is 2.12. The van der Waals surface area contributed by atoms with Crippen LogP contribution < -0.4 is 16.0 Å². The van der Waals surface area contributed by atoms with Gasteiger partial charge in [-0.25, -0.2) is 0 Å². The van der Waals surface area contributed by atoms with Crippen molar-refractivity contribution >= 4 is 17.6 Å². The lowest BCUT2D eigenvalue weighted by atomic mass is 9.98. The fourth-order valence-corrected chi connectivity index (χ4v) is 3.13. The molecule has 0 aliphatic heterocycles. The number of carbonyl (C=O) groups is 1. The summed E-state index contributed by atoms with van der Waals surface area (Å²) in [5, 5.41) is 9.40. The molecule has 1 amide bonds. The molecule has 6 nitrogen and oxygen atoms in total. The van der Waals surface area contributed by atoms with E-state index in [1.165, 1.54) is 39.0 Å². The van der Waals surface area contributed by atoms with E-state index in [4.69, 9.17) is 4.74 Å². The Kier molecular flexibility index (Phi) is 8.96. The molecule has 3 N–H and O–H groups in total. The van der Waals surface area contributed by atoms with Crippen LogP contribution in [0.2, 0.25) is 0 Å². The van der Waals surface area contributed by atoms with Crippen molar-refractivity contribution in [1.82, 2.24) is 10.6 Å². The molecule has 1 aromatic carbocycles. The van der Waals surface area contributed by atoms with Gasteiger partial charge < -0.3 is 20.7 Å².